The minimum atomic E-state index is -0.462. The van der Waals surface area contributed by atoms with Gasteiger partial charge in [-0.05, 0) is 36.4 Å². The largest absolute Gasteiger partial charge is 0.497 e. The van der Waals surface area contributed by atoms with Crippen LogP contribution in [0.5, 0.6) is 5.75 Å². The Bertz CT molecular complexity index is 1470. The molecule has 0 bridgehead atoms. The van der Waals surface area contributed by atoms with Crippen molar-refractivity contribution in [3.05, 3.63) is 84.3 Å². The van der Waals surface area contributed by atoms with Gasteiger partial charge in [0.25, 0.3) is 5.91 Å². The summed E-state index contributed by atoms with van der Waals surface area (Å²) in [6.07, 6.45) is 3.10. The van der Waals surface area contributed by atoms with Gasteiger partial charge in [0.05, 0.1) is 37.1 Å². The van der Waals surface area contributed by atoms with E-state index in [1.54, 1.807) is 49.8 Å². The van der Waals surface area contributed by atoms with Gasteiger partial charge in [0, 0.05) is 22.4 Å². The van der Waals surface area contributed by atoms with E-state index < -0.39 is 5.91 Å². The van der Waals surface area contributed by atoms with Crippen molar-refractivity contribution in [1.29, 1.82) is 0 Å². The number of para-hydroxylation sites is 1. The Morgan fingerprint density at radius 1 is 0.970 bits per heavy atom. The first kappa shape index (κ1) is 20.3. The lowest BCUT2D eigenvalue weighted by molar-refractivity contribution is -0.121. The summed E-state index contributed by atoms with van der Waals surface area (Å²) in [7, 11) is 1.57. The molecule has 0 aliphatic heterocycles. The van der Waals surface area contributed by atoms with E-state index in [1.807, 2.05) is 24.3 Å². The van der Waals surface area contributed by atoms with Gasteiger partial charge in [-0.1, -0.05) is 18.2 Å². The van der Waals surface area contributed by atoms with Crippen LogP contribution in [-0.2, 0) is 11.2 Å². The average molecular weight is 441 g/mol. The summed E-state index contributed by atoms with van der Waals surface area (Å²) in [6, 6.07) is 17.8. The molecule has 0 saturated carbocycles. The van der Waals surface area contributed by atoms with E-state index in [2.05, 4.69) is 15.8 Å². The molecule has 0 fully saturated rings. The summed E-state index contributed by atoms with van der Waals surface area (Å²) in [5.41, 5.74) is 7.83. The molecule has 164 valence electrons. The van der Waals surface area contributed by atoms with E-state index in [4.69, 9.17) is 13.6 Å². The monoisotopic (exact) mass is 441 g/mol. The molecular formula is C25H19N3O5. The van der Waals surface area contributed by atoms with E-state index >= 15 is 0 Å². The summed E-state index contributed by atoms with van der Waals surface area (Å²) in [4.78, 5) is 30.0. The third-order valence-corrected chi connectivity index (χ3v) is 5.26. The van der Waals surface area contributed by atoms with Crippen LogP contribution >= 0.6 is 0 Å². The lowest BCUT2D eigenvalue weighted by Crippen LogP contribution is -2.42. The highest BCUT2D eigenvalue weighted by Crippen LogP contribution is 2.26. The fraction of sp³-hybridized carbons (Fsp3) is 0.0800. The standard InChI is InChI=1S/C25H19N3O5/c1-31-16-8-9-17-15(14-33-23(17)12-16)11-24(29)27-28-25(30)19-13-21(22-7-4-10-32-22)26-20-6-3-2-5-18(19)20/h2-10,12-14H,11H2,1H3,(H,27,29)(H,28,30). The van der Waals surface area contributed by atoms with E-state index in [9.17, 15) is 9.59 Å². The summed E-state index contributed by atoms with van der Waals surface area (Å²) in [5, 5.41) is 1.47. The van der Waals surface area contributed by atoms with Gasteiger partial charge in [0.15, 0.2) is 5.76 Å². The number of ether oxygens (including phenoxy) is 1. The zero-order valence-electron chi connectivity index (χ0n) is 17.6. The molecule has 2 amide bonds. The molecule has 0 unspecified atom stereocenters. The second kappa shape index (κ2) is 8.51. The van der Waals surface area contributed by atoms with Crippen molar-refractivity contribution in [3.8, 4) is 17.2 Å². The number of aromatic nitrogens is 1. The third kappa shape index (κ3) is 4.01. The number of amides is 2. The number of hydrazine groups is 1. The molecule has 8 nitrogen and oxygen atoms in total. The predicted octanol–water partition coefficient (Wildman–Crippen LogP) is 4.25. The van der Waals surface area contributed by atoms with Crippen molar-refractivity contribution < 1.29 is 23.2 Å². The Morgan fingerprint density at radius 3 is 2.67 bits per heavy atom. The second-order valence-corrected chi connectivity index (χ2v) is 7.35. The minimum absolute atomic E-state index is 0.0361. The normalized spacial score (nSPS) is 10.9. The van der Waals surface area contributed by atoms with Gasteiger partial charge >= 0.3 is 0 Å². The van der Waals surface area contributed by atoms with Gasteiger partial charge < -0.3 is 13.6 Å². The molecule has 8 heteroatoms. The van der Waals surface area contributed by atoms with Crippen LogP contribution in [-0.4, -0.2) is 23.9 Å². The van der Waals surface area contributed by atoms with Crippen LogP contribution in [0.3, 0.4) is 0 Å². The molecular weight excluding hydrogens is 422 g/mol. The molecule has 3 aromatic heterocycles. The van der Waals surface area contributed by atoms with Crippen LogP contribution in [0.15, 0.2) is 82.0 Å². The number of fused-ring (bicyclic) bond motifs is 2. The molecule has 2 aromatic carbocycles. The summed E-state index contributed by atoms with van der Waals surface area (Å²) in [6.45, 7) is 0. The van der Waals surface area contributed by atoms with Gasteiger partial charge in [-0.3, -0.25) is 20.4 Å². The van der Waals surface area contributed by atoms with Gasteiger partial charge in [-0.2, -0.15) is 0 Å². The number of hydrogen-bond acceptors (Lipinski definition) is 6. The number of hydrogen-bond donors (Lipinski definition) is 2. The summed E-state index contributed by atoms with van der Waals surface area (Å²) >= 11 is 0. The van der Waals surface area contributed by atoms with E-state index in [-0.39, 0.29) is 12.3 Å². The molecule has 0 aliphatic carbocycles. The highest BCUT2D eigenvalue weighted by Gasteiger charge is 2.17. The first-order valence-corrected chi connectivity index (χ1v) is 10.2. The zero-order valence-corrected chi connectivity index (χ0v) is 17.6. The number of nitrogens with one attached hydrogen (secondary N) is 2. The molecule has 5 rings (SSSR count). The maximum atomic E-state index is 13.0. The smallest absolute Gasteiger partial charge is 0.270 e. The lowest BCUT2D eigenvalue weighted by atomic mass is 10.1. The zero-order chi connectivity index (χ0) is 22.8. The Balaban J connectivity index is 1.33. The van der Waals surface area contributed by atoms with Crippen molar-refractivity contribution in [2.45, 2.75) is 6.42 Å². The number of carbonyl (C=O) groups excluding carboxylic acids is 2. The molecule has 0 radical (unpaired) electrons. The van der Waals surface area contributed by atoms with Crippen molar-refractivity contribution in [2.24, 2.45) is 0 Å². The molecule has 3 heterocycles. The minimum Gasteiger partial charge on any atom is -0.497 e. The first-order valence-electron chi connectivity index (χ1n) is 10.2. The number of carbonyl (C=O) groups is 2. The van der Waals surface area contributed by atoms with Crippen LogP contribution < -0.4 is 15.6 Å². The maximum Gasteiger partial charge on any atom is 0.270 e. The van der Waals surface area contributed by atoms with E-state index in [1.165, 1.54) is 6.26 Å². The quantitative estimate of drug-likeness (QED) is 0.395. The van der Waals surface area contributed by atoms with E-state index in [0.717, 1.165) is 5.39 Å². The average Bonchev–Trinajstić information content (AvgIpc) is 3.52. The Kier molecular flexibility index (Phi) is 5.24. The van der Waals surface area contributed by atoms with Gasteiger partial charge in [0.1, 0.15) is 17.0 Å². The predicted molar refractivity (Wildman–Crippen MR) is 122 cm³/mol. The van der Waals surface area contributed by atoms with Crippen molar-refractivity contribution in [2.75, 3.05) is 7.11 Å². The molecule has 2 N–H and O–H groups in total. The first-order chi connectivity index (χ1) is 16.1. The number of pyridine rings is 1. The van der Waals surface area contributed by atoms with Crippen LogP contribution in [0.25, 0.3) is 33.3 Å². The van der Waals surface area contributed by atoms with Crippen LogP contribution in [0.4, 0.5) is 0 Å². The molecule has 0 spiro atoms. The summed E-state index contributed by atoms with van der Waals surface area (Å²) < 4.78 is 16.1. The number of nitrogens with zero attached hydrogens (tertiary/aromatic N) is 1. The van der Waals surface area contributed by atoms with Crippen LogP contribution in [0.2, 0.25) is 0 Å². The van der Waals surface area contributed by atoms with E-state index in [0.29, 0.717) is 44.8 Å². The third-order valence-electron chi connectivity index (χ3n) is 5.26. The second-order valence-electron chi connectivity index (χ2n) is 7.35. The Morgan fingerprint density at radius 2 is 1.85 bits per heavy atom. The van der Waals surface area contributed by atoms with Gasteiger partial charge in [0.2, 0.25) is 5.91 Å². The highest BCUT2D eigenvalue weighted by molar-refractivity contribution is 6.07. The number of benzene rings is 2. The lowest BCUT2D eigenvalue weighted by Gasteiger charge is -2.10. The molecule has 0 saturated heterocycles. The molecule has 5 aromatic rings. The van der Waals surface area contributed by atoms with Crippen molar-refractivity contribution in [3.63, 3.8) is 0 Å². The number of furan rings is 2. The van der Waals surface area contributed by atoms with Crippen molar-refractivity contribution in [1.82, 2.24) is 15.8 Å². The topological polar surface area (TPSA) is 107 Å². The van der Waals surface area contributed by atoms with Crippen molar-refractivity contribution >= 4 is 33.7 Å². The fourth-order valence-corrected chi connectivity index (χ4v) is 3.65. The molecule has 33 heavy (non-hydrogen) atoms. The number of rotatable bonds is 5. The summed E-state index contributed by atoms with van der Waals surface area (Å²) in [5.74, 6) is 0.365. The molecule has 0 atom stereocenters. The highest BCUT2D eigenvalue weighted by atomic mass is 16.5. The molecule has 0 aliphatic rings. The van der Waals surface area contributed by atoms with Crippen LogP contribution in [0.1, 0.15) is 15.9 Å². The maximum absolute atomic E-state index is 13.0. The van der Waals surface area contributed by atoms with Crippen LogP contribution in [0, 0.1) is 0 Å². The Labute approximate surface area is 188 Å². The SMILES string of the molecule is COc1ccc2c(CC(=O)NNC(=O)c3cc(-c4ccco4)nc4ccccc34)coc2c1. The fourth-order valence-electron chi connectivity index (χ4n) is 3.65. The van der Waals surface area contributed by atoms with Gasteiger partial charge in [-0.15, -0.1) is 0 Å². The number of methoxy groups -OCH3 is 1. The Hall–Kier alpha value is -4.59. The van der Waals surface area contributed by atoms with Gasteiger partial charge in [-0.25, -0.2) is 4.98 Å².